The van der Waals surface area contributed by atoms with Crippen LogP contribution in [0.1, 0.15) is 44.1 Å². The fourth-order valence-corrected chi connectivity index (χ4v) is 3.56. The van der Waals surface area contributed by atoms with Gasteiger partial charge in [0.15, 0.2) is 0 Å². The second-order valence-corrected chi connectivity index (χ2v) is 5.93. The number of hydrogen-bond acceptors (Lipinski definition) is 3. The van der Waals surface area contributed by atoms with Crippen molar-refractivity contribution in [1.82, 2.24) is 0 Å². The summed E-state index contributed by atoms with van der Waals surface area (Å²) >= 11 is 0. The molecular formula is C16H15FN2O2. The van der Waals surface area contributed by atoms with Gasteiger partial charge in [0.1, 0.15) is 17.4 Å². The van der Waals surface area contributed by atoms with Crippen LogP contribution in [-0.4, -0.2) is 11.8 Å². The first-order valence-electron chi connectivity index (χ1n) is 7.11. The number of benzene rings is 1. The molecule has 2 amide bonds. The molecular weight excluding hydrogens is 271 g/mol. The van der Waals surface area contributed by atoms with Crippen LogP contribution < -0.4 is 4.90 Å². The van der Waals surface area contributed by atoms with Gasteiger partial charge in [-0.05, 0) is 30.4 Å². The van der Waals surface area contributed by atoms with E-state index in [1.165, 1.54) is 12.1 Å². The molecule has 0 N–H and O–H groups in total. The summed E-state index contributed by atoms with van der Waals surface area (Å²) in [5, 5.41) is 9.07. The minimum Gasteiger partial charge on any atom is -0.274 e. The molecule has 108 valence electrons. The minimum atomic E-state index is -0.711. The highest BCUT2D eigenvalue weighted by Gasteiger charge is 2.46. The van der Waals surface area contributed by atoms with E-state index >= 15 is 0 Å². The molecule has 0 atom stereocenters. The normalized spacial score (nSPS) is 20.9. The van der Waals surface area contributed by atoms with Crippen LogP contribution in [0.3, 0.4) is 0 Å². The van der Waals surface area contributed by atoms with Crippen LogP contribution in [0.5, 0.6) is 0 Å². The molecule has 0 radical (unpaired) electrons. The predicted molar refractivity (Wildman–Crippen MR) is 73.7 cm³/mol. The van der Waals surface area contributed by atoms with Gasteiger partial charge in [-0.2, -0.15) is 5.26 Å². The molecule has 0 unspecified atom stereocenters. The Balaban J connectivity index is 1.98. The van der Waals surface area contributed by atoms with Crippen molar-refractivity contribution >= 4 is 17.5 Å². The van der Waals surface area contributed by atoms with Gasteiger partial charge in [-0.15, -0.1) is 0 Å². The van der Waals surface area contributed by atoms with Gasteiger partial charge < -0.3 is 0 Å². The van der Waals surface area contributed by atoms with E-state index in [4.69, 9.17) is 5.26 Å². The average molecular weight is 286 g/mol. The van der Waals surface area contributed by atoms with Gasteiger partial charge in [0, 0.05) is 12.8 Å². The van der Waals surface area contributed by atoms with Crippen molar-refractivity contribution in [3.05, 3.63) is 29.6 Å². The summed E-state index contributed by atoms with van der Waals surface area (Å²) in [7, 11) is 0. The smallest absolute Gasteiger partial charge is 0.234 e. The Bertz CT molecular complexity index is 637. The van der Waals surface area contributed by atoms with Gasteiger partial charge in [0.2, 0.25) is 11.8 Å². The quantitative estimate of drug-likeness (QED) is 0.746. The first kappa shape index (κ1) is 13.7. The molecule has 1 aromatic carbocycles. The number of carbonyl (C=O) groups excluding carboxylic acids is 2. The summed E-state index contributed by atoms with van der Waals surface area (Å²) in [6.07, 6.45) is 4.49. The van der Waals surface area contributed by atoms with E-state index in [-0.39, 0.29) is 28.5 Å². The standard InChI is InChI=1S/C16H15FN2O2/c17-12-4-3-5-13(11(12)10-18)19-14(20)8-16(9-15(19)21)6-1-2-7-16/h3-5H,1-2,6-9H2. The molecule has 1 saturated heterocycles. The number of rotatable bonds is 1. The van der Waals surface area contributed by atoms with Crippen LogP contribution in [0.4, 0.5) is 10.1 Å². The zero-order chi connectivity index (χ0) is 15.0. The summed E-state index contributed by atoms with van der Waals surface area (Å²) in [5.74, 6) is -1.36. The van der Waals surface area contributed by atoms with Gasteiger partial charge in [-0.3, -0.25) is 9.59 Å². The number of hydrogen-bond donors (Lipinski definition) is 0. The van der Waals surface area contributed by atoms with E-state index in [9.17, 15) is 14.0 Å². The van der Waals surface area contributed by atoms with Crippen molar-refractivity contribution in [2.75, 3.05) is 4.90 Å². The summed E-state index contributed by atoms with van der Waals surface area (Å²) in [4.78, 5) is 25.8. The minimum absolute atomic E-state index is 0.0698. The van der Waals surface area contributed by atoms with Gasteiger partial charge in [0.25, 0.3) is 0 Å². The number of carbonyl (C=O) groups is 2. The summed E-state index contributed by atoms with van der Waals surface area (Å²) in [6.45, 7) is 0. The van der Waals surface area contributed by atoms with Gasteiger partial charge >= 0.3 is 0 Å². The molecule has 1 aliphatic carbocycles. The number of nitriles is 1. The molecule has 2 aliphatic rings. The largest absolute Gasteiger partial charge is 0.274 e. The molecule has 1 saturated carbocycles. The fraction of sp³-hybridized carbons (Fsp3) is 0.438. The van der Waals surface area contributed by atoms with Crippen LogP contribution in [0, 0.1) is 22.6 Å². The molecule has 5 heteroatoms. The van der Waals surface area contributed by atoms with Crippen molar-refractivity contribution in [3.63, 3.8) is 0 Å². The molecule has 3 rings (SSSR count). The molecule has 1 aromatic rings. The maximum Gasteiger partial charge on any atom is 0.234 e. The van der Waals surface area contributed by atoms with Gasteiger partial charge in [-0.25, -0.2) is 9.29 Å². The van der Waals surface area contributed by atoms with Crippen LogP contribution in [-0.2, 0) is 9.59 Å². The van der Waals surface area contributed by atoms with Crippen molar-refractivity contribution in [1.29, 1.82) is 5.26 Å². The highest BCUT2D eigenvalue weighted by atomic mass is 19.1. The topological polar surface area (TPSA) is 61.2 Å². The van der Waals surface area contributed by atoms with Crippen molar-refractivity contribution in [2.45, 2.75) is 38.5 Å². The van der Waals surface area contributed by atoms with E-state index in [0.717, 1.165) is 36.6 Å². The molecule has 0 aromatic heterocycles. The molecule has 0 bridgehead atoms. The van der Waals surface area contributed by atoms with Crippen LogP contribution in [0.25, 0.3) is 0 Å². The first-order valence-corrected chi connectivity index (χ1v) is 7.11. The van der Waals surface area contributed by atoms with E-state index in [0.29, 0.717) is 12.8 Å². The second-order valence-electron chi connectivity index (χ2n) is 5.93. The van der Waals surface area contributed by atoms with Crippen LogP contribution in [0.2, 0.25) is 0 Å². The van der Waals surface area contributed by atoms with Crippen LogP contribution in [0.15, 0.2) is 18.2 Å². The van der Waals surface area contributed by atoms with Gasteiger partial charge in [0.05, 0.1) is 5.69 Å². The number of imide groups is 1. The Labute approximate surface area is 122 Å². The summed E-state index contributed by atoms with van der Waals surface area (Å²) in [6, 6.07) is 5.75. The Hall–Kier alpha value is -2.22. The molecule has 4 nitrogen and oxygen atoms in total. The SMILES string of the molecule is N#Cc1c(F)cccc1N1C(=O)CC2(CCCC2)CC1=O. The third-order valence-corrected chi connectivity index (χ3v) is 4.56. The molecule has 21 heavy (non-hydrogen) atoms. The fourth-order valence-electron chi connectivity index (χ4n) is 3.56. The number of piperidine rings is 1. The van der Waals surface area contributed by atoms with Gasteiger partial charge in [-0.1, -0.05) is 18.9 Å². The van der Waals surface area contributed by atoms with E-state index < -0.39 is 5.82 Å². The highest BCUT2D eigenvalue weighted by Crippen LogP contribution is 2.47. The Morgan fingerprint density at radius 3 is 2.33 bits per heavy atom. The molecule has 1 aliphatic heterocycles. The lowest BCUT2D eigenvalue weighted by molar-refractivity contribution is -0.133. The Kier molecular flexibility index (Phi) is 3.25. The van der Waals surface area contributed by atoms with E-state index in [1.807, 2.05) is 0 Å². The lowest BCUT2D eigenvalue weighted by Crippen LogP contribution is -2.47. The molecule has 2 fully saturated rings. The number of nitrogens with zero attached hydrogens (tertiary/aromatic N) is 2. The molecule has 1 spiro atoms. The monoisotopic (exact) mass is 286 g/mol. The number of anilines is 1. The summed E-state index contributed by atoms with van der Waals surface area (Å²) < 4.78 is 13.7. The molecule has 1 heterocycles. The van der Waals surface area contributed by atoms with Crippen molar-refractivity contribution < 1.29 is 14.0 Å². The third-order valence-electron chi connectivity index (χ3n) is 4.56. The van der Waals surface area contributed by atoms with Crippen molar-refractivity contribution in [2.24, 2.45) is 5.41 Å². The highest BCUT2D eigenvalue weighted by molar-refractivity contribution is 6.17. The lowest BCUT2D eigenvalue weighted by atomic mass is 9.76. The van der Waals surface area contributed by atoms with E-state index in [1.54, 1.807) is 6.07 Å². The predicted octanol–water partition coefficient (Wildman–Crippen LogP) is 2.91. The maximum atomic E-state index is 13.7. The maximum absolute atomic E-state index is 13.7. The van der Waals surface area contributed by atoms with Crippen molar-refractivity contribution in [3.8, 4) is 6.07 Å². The zero-order valence-corrected chi connectivity index (χ0v) is 11.6. The number of amides is 2. The Morgan fingerprint density at radius 2 is 1.76 bits per heavy atom. The first-order chi connectivity index (χ1) is 10.1. The lowest BCUT2D eigenvalue weighted by Gasteiger charge is -2.37. The van der Waals surface area contributed by atoms with Crippen LogP contribution >= 0.6 is 0 Å². The van der Waals surface area contributed by atoms with E-state index in [2.05, 4.69) is 0 Å². The zero-order valence-electron chi connectivity index (χ0n) is 11.6. The number of halogens is 1. The second kappa shape index (κ2) is 4.96. The average Bonchev–Trinajstić information content (AvgIpc) is 2.86. The third kappa shape index (κ3) is 2.21. The Morgan fingerprint density at radius 1 is 1.14 bits per heavy atom. The summed E-state index contributed by atoms with van der Waals surface area (Å²) in [5.41, 5.74) is -0.382.